The molecule has 1 rings (SSSR count). The summed E-state index contributed by atoms with van der Waals surface area (Å²) < 4.78 is 5.51. The molecule has 0 amide bonds. The third-order valence-electron chi connectivity index (χ3n) is 2.54. The number of hydrogen-bond acceptors (Lipinski definition) is 3. The molecule has 100 valence electrons. The first-order valence-corrected chi connectivity index (χ1v) is 6.35. The zero-order valence-corrected chi connectivity index (χ0v) is 11.3. The summed E-state index contributed by atoms with van der Waals surface area (Å²) >= 11 is 6.10. The number of carbonyl (C=O) groups is 1. The topological polar surface area (TPSA) is 58.6 Å². The molecule has 1 aromatic carbocycles. The van der Waals surface area contributed by atoms with Crippen molar-refractivity contribution in [2.75, 3.05) is 6.54 Å². The molecule has 1 aromatic rings. The van der Waals surface area contributed by atoms with Crippen molar-refractivity contribution in [1.29, 1.82) is 0 Å². The summed E-state index contributed by atoms with van der Waals surface area (Å²) in [6, 6.07) is 5.26. The zero-order chi connectivity index (χ0) is 13.5. The summed E-state index contributed by atoms with van der Waals surface area (Å²) in [6.45, 7) is 5.12. The SMILES string of the molecule is CCNCc1c(Cl)cccc1OC(CC)C(=O)O. The van der Waals surface area contributed by atoms with Gasteiger partial charge in [-0.05, 0) is 25.1 Å². The van der Waals surface area contributed by atoms with E-state index in [0.717, 1.165) is 12.1 Å². The van der Waals surface area contributed by atoms with Crippen LogP contribution in [0.15, 0.2) is 18.2 Å². The van der Waals surface area contributed by atoms with E-state index >= 15 is 0 Å². The molecular weight excluding hydrogens is 254 g/mol. The standard InChI is InChI=1S/C13H18ClNO3/c1-3-11(13(16)17)18-12-7-5-6-10(14)9(12)8-15-4-2/h5-7,11,15H,3-4,8H2,1-2H3,(H,16,17). The minimum absolute atomic E-state index is 0.405. The van der Waals surface area contributed by atoms with Gasteiger partial charge in [-0.15, -0.1) is 0 Å². The van der Waals surface area contributed by atoms with Crippen molar-refractivity contribution in [2.24, 2.45) is 0 Å². The average molecular weight is 272 g/mol. The summed E-state index contributed by atoms with van der Waals surface area (Å²) in [4.78, 5) is 11.0. The number of carboxylic acid groups (broad SMARTS) is 1. The fraction of sp³-hybridized carbons (Fsp3) is 0.462. The highest BCUT2D eigenvalue weighted by atomic mass is 35.5. The zero-order valence-electron chi connectivity index (χ0n) is 10.6. The lowest BCUT2D eigenvalue weighted by molar-refractivity contribution is -0.145. The van der Waals surface area contributed by atoms with E-state index in [1.807, 2.05) is 6.92 Å². The van der Waals surface area contributed by atoms with Gasteiger partial charge >= 0.3 is 5.97 Å². The number of nitrogens with one attached hydrogen (secondary N) is 1. The summed E-state index contributed by atoms with van der Waals surface area (Å²) in [5, 5.41) is 12.7. The highest BCUT2D eigenvalue weighted by Gasteiger charge is 2.19. The minimum Gasteiger partial charge on any atom is -0.479 e. The van der Waals surface area contributed by atoms with E-state index in [1.54, 1.807) is 25.1 Å². The molecule has 1 unspecified atom stereocenters. The van der Waals surface area contributed by atoms with Crippen molar-refractivity contribution < 1.29 is 14.6 Å². The molecule has 4 nitrogen and oxygen atoms in total. The monoisotopic (exact) mass is 271 g/mol. The van der Waals surface area contributed by atoms with Crippen LogP contribution >= 0.6 is 11.6 Å². The summed E-state index contributed by atoms with van der Waals surface area (Å²) in [7, 11) is 0. The van der Waals surface area contributed by atoms with Crippen molar-refractivity contribution in [2.45, 2.75) is 32.9 Å². The molecule has 0 saturated heterocycles. The predicted octanol–water partition coefficient (Wildman–Crippen LogP) is 2.69. The van der Waals surface area contributed by atoms with Crippen LogP contribution in [0.4, 0.5) is 0 Å². The molecule has 0 heterocycles. The van der Waals surface area contributed by atoms with Gasteiger partial charge in [0.05, 0.1) is 0 Å². The Morgan fingerprint density at radius 2 is 2.22 bits per heavy atom. The van der Waals surface area contributed by atoms with Crippen LogP contribution in [0.1, 0.15) is 25.8 Å². The Hall–Kier alpha value is -1.26. The Bertz CT molecular complexity index is 409. The second kappa shape index (κ2) is 7.24. The molecule has 0 spiro atoms. The first-order chi connectivity index (χ1) is 8.60. The van der Waals surface area contributed by atoms with Crippen LogP contribution in [0.2, 0.25) is 5.02 Å². The first-order valence-electron chi connectivity index (χ1n) is 5.97. The highest BCUT2D eigenvalue weighted by molar-refractivity contribution is 6.31. The Kier molecular flexibility index (Phi) is 5.95. The lowest BCUT2D eigenvalue weighted by Gasteiger charge is -2.17. The lowest BCUT2D eigenvalue weighted by atomic mass is 10.2. The molecule has 1 atom stereocenters. The number of rotatable bonds is 7. The number of benzene rings is 1. The second-order valence-electron chi connectivity index (χ2n) is 3.85. The van der Waals surface area contributed by atoms with Crippen molar-refractivity contribution in [3.8, 4) is 5.75 Å². The van der Waals surface area contributed by atoms with E-state index in [2.05, 4.69) is 5.32 Å². The molecule has 0 aliphatic carbocycles. The summed E-state index contributed by atoms with van der Waals surface area (Å²) in [5.74, 6) is -0.440. The van der Waals surface area contributed by atoms with E-state index in [4.69, 9.17) is 21.4 Å². The van der Waals surface area contributed by atoms with Gasteiger partial charge in [0.1, 0.15) is 5.75 Å². The molecule has 0 radical (unpaired) electrons. The Labute approximate surface area is 112 Å². The minimum atomic E-state index is -0.966. The third-order valence-corrected chi connectivity index (χ3v) is 2.90. The highest BCUT2D eigenvalue weighted by Crippen LogP contribution is 2.27. The van der Waals surface area contributed by atoms with Gasteiger partial charge in [0.15, 0.2) is 6.10 Å². The molecule has 18 heavy (non-hydrogen) atoms. The van der Waals surface area contributed by atoms with Gasteiger partial charge in [-0.1, -0.05) is 31.5 Å². The van der Waals surface area contributed by atoms with E-state index in [-0.39, 0.29) is 0 Å². The number of ether oxygens (including phenoxy) is 1. The Balaban J connectivity index is 2.93. The van der Waals surface area contributed by atoms with Crippen molar-refractivity contribution >= 4 is 17.6 Å². The third kappa shape index (κ3) is 3.89. The van der Waals surface area contributed by atoms with Gasteiger partial charge in [-0.3, -0.25) is 0 Å². The van der Waals surface area contributed by atoms with Crippen LogP contribution in [-0.2, 0) is 11.3 Å². The van der Waals surface area contributed by atoms with Crippen molar-refractivity contribution in [3.63, 3.8) is 0 Å². The summed E-state index contributed by atoms with van der Waals surface area (Å²) in [6.07, 6.45) is -0.438. The Morgan fingerprint density at radius 3 is 2.78 bits per heavy atom. The molecule has 0 bridgehead atoms. The quantitative estimate of drug-likeness (QED) is 0.801. The molecular formula is C13H18ClNO3. The summed E-state index contributed by atoms with van der Waals surface area (Å²) in [5.41, 5.74) is 0.792. The van der Waals surface area contributed by atoms with Gasteiger partial charge in [-0.25, -0.2) is 4.79 Å². The van der Waals surface area contributed by atoms with Gasteiger partial charge < -0.3 is 15.2 Å². The van der Waals surface area contributed by atoms with E-state index < -0.39 is 12.1 Å². The Morgan fingerprint density at radius 1 is 1.50 bits per heavy atom. The number of carboxylic acids is 1. The molecule has 2 N–H and O–H groups in total. The number of hydrogen-bond donors (Lipinski definition) is 2. The van der Waals surface area contributed by atoms with Gasteiger partial charge in [0.25, 0.3) is 0 Å². The largest absolute Gasteiger partial charge is 0.479 e. The van der Waals surface area contributed by atoms with Crippen LogP contribution in [0, 0.1) is 0 Å². The molecule has 0 aliphatic rings. The molecule has 0 saturated carbocycles. The van der Waals surface area contributed by atoms with Crippen LogP contribution in [0.3, 0.4) is 0 Å². The maximum atomic E-state index is 11.0. The van der Waals surface area contributed by atoms with E-state index in [9.17, 15) is 4.79 Å². The van der Waals surface area contributed by atoms with E-state index in [1.165, 1.54) is 0 Å². The van der Waals surface area contributed by atoms with E-state index in [0.29, 0.717) is 23.7 Å². The fourth-order valence-electron chi connectivity index (χ4n) is 1.53. The maximum Gasteiger partial charge on any atom is 0.344 e. The fourth-order valence-corrected chi connectivity index (χ4v) is 1.77. The van der Waals surface area contributed by atoms with Crippen LogP contribution < -0.4 is 10.1 Å². The van der Waals surface area contributed by atoms with Crippen molar-refractivity contribution in [1.82, 2.24) is 5.32 Å². The molecule has 0 aliphatic heterocycles. The second-order valence-corrected chi connectivity index (χ2v) is 4.26. The van der Waals surface area contributed by atoms with Crippen LogP contribution in [0.5, 0.6) is 5.75 Å². The maximum absolute atomic E-state index is 11.0. The normalized spacial score (nSPS) is 12.2. The molecule has 0 fully saturated rings. The van der Waals surface area contributed by atoms with Gasteiger partial charge in [-0.2, -0.15) is 0 Å². The molecule has 5 heteroatoms. The number of aliphatic carboxylic acids is 1. The van der Waals surface area contributed by atoms with Crippen molar-refractivity contribution in [3.05, 3.63) is 28.8 Å². The first kappa shape index (κ1) is 14.8. The number of halogens is 1. The van der Waals surface area contributed by atoms with Crippen LogP contribution in [0.25, 0.3) is 0 Å². The molecule has 0 aromatic heterocycles. The van der Waals surface area contributed by atoms with Gasteiger partial charge in [0, 0.05) is 17.1 Å². The lowest BCUT2D eigenvalue weighted by Crippen LogP contribution is -2.26. The smallest absolute Gasteiger partial charge is 0.344 e. The van der Waals surface area contributed by atoms with Crippen LogP contribution in [-0.4, -0.2) is 23.7 Å². The predicted molar refractivity (Wildman–Crippen MR) is 71.2 cm³/mol. The average Bonchev–Trinajstić information content (AvgIpc) is 2.34. The van der Waals surface area contributed by atoms with Gasteiger partial charge in [0.2, 0.25) is 0 Å².